The van der Waals surface area contributed by atoms with Crippen molar-refractivity contribution in [3.63, 3.8) is 0 Å². The van der Waals surface area contributed by atoms with Gasteiger partial charge in [0, 0.05) is 32.4 Å². The van der Waals surface area contributed by atoms with Gasteiger partial charge in [-0.05, 0) is 40.0 Å². The van der Waals surface area contributed by atoms with E-state index in [0.29, 0.717) is 6.42 Å². The van der Waals surface area contributed by atoms with E-state index in [1.165, 1.54) is 44.9 Å². The Labute approximate surface area is 327 Å². The molecule has 0 aromatic rings. The number of unbranched alkanes of at least 4 members (excludes halogenated alkanes) is 13. The average molecular weight is 790 g/mol. The lowest BCUT2D eigenvalue weighted by molar-refractivity contribution is -0.159. The summed E-state index contributed by atoms with van der Waals surface area (Å²) in [6, 6.07) is -0.933. The van der Waals surface area contributed by atoms with E-state index >= 15 is 0 Å². The van der Waals surface area contributed by atoms with Gasteiger partial charge in [0.15, 0.2) is 0 Å². The Morgan fingerprint density at radius 3 is 1.40 bits per heavy atom. The summed E-state index contributed by atoms with van der Waals surface area (Å²) in [5.74, 6) is -3.18. The number of nitrogens with one attached hydrogen (secondary N) is 3. The molecule has 320 valence electrons. The monoisotopic (exact) mass is 789 g/mol. The maximum Gasteiger partial charge on any atom is 0.329 e. The highest BCUT2D eigenvalue weighted by Crippen LogP contribution is 2.15. The van der Waals surface area contributed by atoms with Crippen molar-refractivity contribution in [1.29, 1.82) is 0 Å². The molecule has 3 amide bonds. The number of hydrogen-bond acceptors (Lipinski definition) is 11. The van der Waals surface area contributed by atoms with Crippen molar-refractivity contribution in [2.24, 2.45) is 0 Å². The normalized spacial score (nSPS) is 11.8. The summed E-state index contributed by atoms with van der Waals surface area (Å²) in [6.07, 6.45) is 15.9. The fourth-order valence-electron chi connectivity index (χ4n) is 5.28. The van der Waals surface area contributed by atoms with Gasteiger partial charge < -0.3 is 49.8 Å². The van der Waals surface area contributed by atoms with Crippen molar-refractivity contribution in [1.82, 2.24) is 16.0 Å². The fraction of sp³-hybridized carbons (Fsp3) is 0.846. The lowest BCUT2D eigenvalue weighted by atomic mass is 10.0. The van der Waals surface area contributed by atoms with Crippen LogP contribution >= 0.6 is 0 Å². The molecular weight excluding hydrogens is 718 g/mol. The van der Waals surface area contributed by atoms with Gasteiger partial charge in [0.2, 0.25) is 17.7 Å². The van der Waals surface area contributed by atoms with Crippen LogP contribution in [0.25, 0.3) is 0 Å². The van der Waals surface area contributed by atoms with Gasteiger partial charge in [0.05, 0.1) is 39.6 Å². The van der Waals surface area contributed by atoms with Crippen LogP contribution in [0.15, 0.2) is 0 Å². The molecule has 0 aliphatic heterocycles. The molecular formula is C39H71N3O13. The molecule has 0 saturated carbocycles. The number of aliphatic carboxylic acids is 2. The predicted octanol–water partition coefficient (Wildman–Crippen LogP) is 4.30. The number of amides is 3. The second kappa shape index (κ2) is 35.1. The van der Waals surface area contributed by atoms with E-state index in [1.54, 1.807) is 20.8 Å². The third-order valence-electron chi connectivity index (χ3n) is 8.07. The fourth-order valence-corrected chi connectivity index (χ4v) is 5.28. The summed E-state index contributed by atoms with van der Waals surface area (Å²) in [5, 5.41) is 25.2. The molecule has 5 N–H and O–H groups in total. The zero-order chi connectivity index (χ0) is 41.0. The van der Waals surface area contributed by atoms with Gasteiger partial charge in [-0.2, -0.15) is 0 Å². The summed E-state index contributed by atoms with van der Waals surface area (Å²) < 4.78 is 26.2. The van der Waals surface area contributed by atoms with E-state index in [9.17, 15) is 28.8 Å². The minimum Gasteiger partial charge on any atom is -0.481 e. The van der Waals surface area contributed by atoms with E-state index in [1.807, 2.05) is 0 Å². The first kappa shape index (κ1) is 51.7. The Bertz CT molecular complexity index is 1050. The second-order valence-electron chi connectivity index (χ2n) is 14.5. The van der Waals surface area contributed by atoms with E-state index in [-0.39, 0.29) is 103 Å². The van der Waals surface area contributed by atoms with Crippen LogP contribution in [0.5, 0.6) is 0 Å². The first-order chi connectivity index (χ1) is 26.3. The third-order valence-corrected chi connectivity index (χ3v) is 8.07. The molecule has 0 heterocycles. The van der Waals surface area contributed by atoms with Gasteiger partial charge in [-0.1, -0.05) is 77.0 Å². The smallest absolute Gasteiger partial charge is 0.329 e. The van der Waals surface area contributed by atoms with E-state index in [0.717, 1.165) is 44.9 Å². The molecule has 0 bridgehead atoms. The van der Waals surface area contributed by atoms with Gasteiger partial charge in [0.1, 0.15) is 24.9 Å². The van der Waals surface area contributed by atoms with Crippen molar-refractivity contribution >= 4 is 35.6 Å². The van der Waals surface area contributed by atoms with Crippen LogP contribution in [0.1, 0.15) is 136 Å². The molecule has 16 heteroatoms. The second-order valence-corrected chi connectivity index (χ2v) is 14.5. The van der Waals surface area contributed by atoms with Crippen LogP contribution in [0, 0.1) is 0 Å². The van der Waals surface area contributed by atoms with Gasteiger partial charge in [0.25, 0.3) is 0 Å². The highest BCUT2D eigenvalue weighted by Gasteiger charge is 2.27. The van der Waals surface area contributed by atoms with Crippen molar-refractivity contribution < 1.29 is 62.7 Å². The Balaban J connectivity index is 4.02. The Morgan fingerprint density at radius 2 is 0.927 bits per heavy atom. The van der Waals surface area contributed by atoms with Gasteiger partial charge in [-0.15, -0.1) is 0 Å². The van der Waals surface area contributed by atoms with E-state index < -0.39 is 29.6 Å². The molecule has 0 rings (SSSR count). The molecule has 1 atom stereocenters. The number of carbonyl (C=O) groups is 6. The summed E-state index contributed by atoms with van der Waals surface area (Å²) in [4.78, 5) is 70.6. The molecule has 0 fully saturated rings. The van der Waals surface area contributed by atoms with Crippen molar-refractivity contribution in [2.45, 2.75) is 148 Å². The summed E-state index contributed by atoms with van der Waals surface area (Å²) in [5.41, 5.74) is -0.741. The van der Waals surface area contributed by atoms with Crippen LogP contribution in [0.4, 0.5) is 0 Å². The van der Waals surface area contributed by atoms with E-state index in [4.69, 9.17) is 33.9 Å². The number of esters is 1. The molecule has 0 spiro atoms. The zero-order valence-corrected chi connectivity index (χ0v) is 33.8. The lowest BCUT2D eigenvalue weighted by Crippen LogP contribution is -2.44. The molecule has 1 unspecified atom stereocenters. The third kappa shape index (κ3) is 38.7. The maximum atomic E-state index is 12.8. The number of carboxylic acid groups (broad SMARTS) is 2. The highest BCUT2D eigenvalue weighted by molar-refractivity contribution is 5.85. The van der Waals surface area contributed by atoms with Crippen LogP contribution in [0.2, 0.25) is 0 Å². The van der Waals surface area contributed by atoms with Crippen molar-refractivity contribution in [2.75, 3.05) is 65.9 Å². The molecule has 0 aromatic carbocycles. The van der Waals surface area contributed by atoms with E-state index in [2.05, 4.69) is 16.0 Å². The number of hydrogen-bond donors (Lipinski definition) is 5. The molecule has 0 radical (unpaired) electrons. The molecule has 0 aliphatic rings. The number of carbonyl (C=O) groups excluding carboxylic acids is 4. The number of ether oxygens (including phenoxy) is 5. The maximum absolute atomic E-state index is 12.8. The number of carboxylic acids is 2. The minimum atomic E-state index is -1.05. The van der Waals surface area contributed by atoms with Crippen molar-refractivity contribution in [3.8, 4) is 0 Å². The predicted molar refractivity (Wildman–Crippen MR) is 205 cm³/mol. The average Bonchev–Trinajstić information content (AvgIpc) is 3.11. The summed E-state index contributed by atoms with van der Waals surface area (Å²) in [7, 11) is 0. The number of rotatable bonds is 38. The Morgan fingerprint density at radius 1 is 0.491 bits per heavy atom. The molecule has 0 saturated heterocycles. The van der Waals surface area contributed by atoms with Gasteiger partial charge >= 0.3 is 17.9 Å². The quantitative estimate of drug-likeness (QED) is 0.0435. The standard InChI is InChI=1S/C39H71N3O13/c1-39(2,3)55-38(50)32(42-34(44)18-16-14-12-10-8-6-4-5-7-9-11-13-15-17-19-36(46)47)20-21-33(43)40-22-24-51-26-28-53-30-35(45)41-23-25-52-27-29-54-31-37(48)49/h32H,4-31H2,1-3H3,(H,40,43)(H,41,45)(H,42,44)(H,46,47)(H,48,49). The lowest BCUT2D eigenvalue weighted by Gasteiger charge is -2.24. The zero-order valence-electron chi connectivity index (χ0n) is 33.8. The van der Waals surface area contributed by atoms with Crippen LogP contribution in [-0.2, 0) is 52.5 Å². The molecule has 16 nitrogen and oxygen atoms in total. The van der Waals surface area contributed by atoms with Crippen LogP contribution in [-0.4, -0.2) is 123 Å². The molecule has 0 aromatic heterocycles. The largest absolute Gasteiger partial charge is 0.481 e. The Kier molecular flexibility index (Phi) is 33.0. The Hall–Kier alpha value is -3.34. The van der Waals surface area contributed by atoms with Gasteiger partial charge in [-0.25, -0.2) is 9.59 Å². The minimum absolute atomic E-state index is 0.0144. The van der Waals surface area contributed by atoms with Crippen LogP contribution < -0.4 is 16.0 Å². The summed E-state index contributed by atoms with van der Waals surface area (Å²) in [6.45, 7) is 6.45. The van der Waals surface area contributed by atoms with Gasteiger partial charge in [-0.3, -0.25) is 19.2 Å². The summed E-state index contributed by atoms with van der Waals surface area (Å²) >= 11 is 0. The molecule has 0 aliphatic carbocycles. The first-order valence-electron chi connectivity index (χ1n) is 20.1. The van der Waals surface area contributed by atoms with Crippen molar-refractivity contribution in [3.05, 3.63) is 0 Å². The first-order valence-corrected chi connectivity index (χ1v) is 20.1. The highest BCUT2D eigenvalue weighted by atomic mass is 16.6. The van der Waals surface area contributed by atoms with Crippen LogP contribution in [0.3, 0.4) is 0 Å². The molecule has 55 heavy (non-hydrogen) atoms. The SMILES string of the molecule is CC(C)(C)OC(=O)C(CCC(=O)NCCOCCOCC(=O)NCCOCCOCC(=O)O)NC(=O)CCCCCCCCCCCCCCCCC(=O)O. The topological polar surface area (TPSA) is 225 Å².